The summed E-state index contributed by atoms with van der Waals surface area (Å²) in [6.45, 7) is 0.345. The molecule has 0 bridgehead atoms. The number of anilines is 1. The van der Waals surface area contributed by atoms with Gasteiger partial charge in [0, 0.05) is 6.54 Å². The maximum Gasteiger partial charge on any atom is 0.573 e. The first kappa shape index (κ1) is 15.6. The Hall–Kier alpha value is -1.83. The second-order valence-corrected chi connectivity index (χ2v) is 4.89. The predicted octanol–water partition coefficient (Wildman–Crippen LogP) is 4.49. The molecule has 112 valence electrons. The van der Waals surface area contributed by atoms with Gasteiger partial charge in [-0.3, -0.25) is 0 Å². The zero-order valence-electron chi connectivity index (χ0n) is 10.4. The summed E-state index contributed by atoms with van der Waals surface area (Å²) in [7, 11) is 0. The van der Waals surface area contributed by atoms with Crippen LogP contribution in [-0.2, 0) is 6.54 Å². The third kappa shape index (κ3) is 4.89. The van der Waals surface area contributed by atoms with Crippen molar-refractivity contribution in [3.8, 4) is 5.75 Å². The molecule has 0 saturated heterocycles. The molecule has 1 N–H and O–H groups in total. The van der Waals surface area contributed by atoms with Crippen molar-refractivity contribution in [3.63, 3.8) is 0 Å². The molecule has 2 rings (SSSR count). The lowest BCUT2D eigenvalue weighted by Gasteiger charge is -2.12. The first-order valence-electron chi connectivity index (χ1n) is 5.73. The standard InChI is InChI=1S/C13H9BrF4N2O/c14-10-5-8(1-3-11(10)21-13(16,17)18)6-19-9-2-4-12(15)20-7-9/h1-5,7,19H,6H2. The quantitative estimate of drug-likeness (QED) is 0.640. The molecule has 1 heterocycles. The molecule has 0 amide bonds. The van der Waals surface area contributed by atoms with Crippen molar-refractivity contribution in [2.75, 3.05) is 5.32 Å². The van der Waals surface area contributed by atoms with Crippen LogP contribution in [0.4, 0.5) is 23.2 Å². The smallest absolute Gasteiger partial charge is 0.405 e. The number of nitrogens with one attached hydrogen (secondary N) is 1. The zero-order chi connectivity index (χ0) is 15.5. The highest BCUT2D eigenvalue weighted by Gasteiger charge is 2.31. The molecule has 0 aliphatic heterocycles. The van der Waals surface area contributed by atoms with Gasteiger partial charge in [-0.15, -0.1) is 13.2 Å². The van der Waals surface area contributed by atoms with Crippen LogP contribution in [-0.4, -0.2) is 11.3 Å². The number of benzene rings is 1. The Balaban J connectivity index is 2.01. The minimum absolute atomic E-state index is 0.191. The van der Waals surface area contributed by atoms with Crippen LogP contribution in [0.1, 0.15) is 5.56 Å². The Morgan fingerprint density at radius 2 is 1.95 bits per heavy atom. The third-order valence-electron chi connectivity index (χ3n) is 2.45. The van der Waals surface area contributed by atoms with E-state index in [2.05, 4.69) is 31.0 Å². The van der Waals surface area contributed by atoms with Gasteiger partial charge in [0.1, 0.15) is 5.75 Å². The number of pyridine rings is 1. The van der Waals surface area contributed by atoms with Crippen LogP contribution in [0.3, 0.4) is 0 Å². The zero-order valence-corrected chi connectivity index (χ0v) is 12.0. The van der Waals surface area contributed by atoms with E-state index in [1.807, 2.05) is 0 Å². The van der Waals surface area contributed by atoms with Gasteiger partial charge in [0.05, 0.1) is 16.4 Å². The van der Waals surface area contributed by atoms with Crippen LogP contribution >= 0.6 is 15.9 Å². The van der Waals surface area contributed by atoms with Gasteiger partial charge in [-0.1, -0.05) is 6.07 Å². The Morgan fingerprint density at radius 1 is 1.19 bits per heavy atom. The lowest BCUT2D eigenvalue weighted by Crippen LogP contribution is -2.17. The summed E-state index contributed by atoms with van der Waals surface area (Å²) >= 11 is 3.02. The van der Waals surface area contributed by atoms with E-state index in [4.69, 9.17) is 0 Å². The van der Waals surface area contributed by atoms with Crippen molar-refractivity contribution in [1.29, 1.82) is 0 Å². The van der Waals surface area contributed by atoms with Gasteiger partial charge >= 0.3 is 6.36 Å². The van der Waals surface area contributed by atoms with E-state index in [0.29, 0.717) is 12.2 Å². The predicted molar refractivity (Wildman–Crippen MR) is 72.3 cm³/mol. The molecule has 0 radical (unpaired) electrons. The molecule has 8 heteroatoms. The van der Waals surface area contributed by atoms with E-state index in [-0.39, 0.29) is 10.2 Å². The van der Waals surface area contributed by atoms with Gasteiger partial charge in [-0.05, 0) is 45.8 Å². The second-order valence-electron chi connectivity index (χ2n) is 4.04. The highest BCUT2D eigenvalue weighted by Crippen LogP contribution is 2.31. The van der Waals surface area contributed by atoms with Crippen molar-refractivity contribution in [2.45, 2.75) is 12.9 Å². The van der Waals surface area contributed by atoms with Gasteiger partial charge in [0.2, 0.25) is 5.95 Å². The summed E-state index contributed by atoms with van der Waals surface area (Å²) in [6.07, 6.45) is -3.41. The summed E-state index contributed by atoms with van der Waals surface area (Å²) in [5, 5.41) is 2.97. The molecule has 1 aromatic carbocycles. The molecule has 2 aromatic rings. The first-order valence-corrected chi connectivity index (χ1v) is 6.52. The SMILES string of the molecule is Fc1ccc(NCc2ccc(OC(F)(F)F)c(Br)c2)cn1. The van der Waals surface area contributed by atoms with Crippen LogP contribution in [0.5, 0.6) is 5.75 Å². The number of halogens is 5. The monoisotopic (exact) mass is 364 g/mol. The van der Waals surface area contributed by atoms with E-state index < -0.39 is 12.3 Å². The fraction of sp³-hybridized carbons (Fsp3) is 0.154. The average molecular weight is 365 g/mol. The lowest BCUT2D eigenvalue weighted by atomic mass is 10.2. The van der Waals surface area contributed by atoms with Crippen molar-refractivity contribution in [3.05, 3.63) is 52.5 Å². The van der Waals surface area contributed by atoms with E-state index in [1.165, 1.54) is 36.5 Å². The van der Waals surface area contributed by atoms with Crippen LogP contribution in [0.2, 0.25) is 0 Å². The Morgan fingerprint density at radius 3 is 2.52 bits per heavy atom. The second kappa shape index (κ2) is 6.30. The van der Waals surface area contributed by atoms with E-state index in [1.54, 1.807) is 0 Å². The van der Waals surface area contributed by atoms with Gasteiger partial charge in [0.25, 0.3) is 0 Å². The van der Waals surface area contributed by atoms with Crippen LogP contribution < -0.4 is 10.1 Å². The van der Waals surface area contributed by atoms with Crippen LogP contribution in [0.15, 0.2) is 41.0 Å². The largest absolute Gasteiger partial charge is 0.573 e. The molecule has 3 nitrogen and oxygen atoms in total. The van der Waals surface area contributed by atoms with Crippen LogP contribution in [0, 0.1) is 5.95 Å². The Bertz CT molecular complexity index is 617. The minimum Gasteiger partial charge on any atom is -0.405 e. The summed E-state index contributed by atoms with van der Waals surface area (Å²) in [5.41, 5.74) is 1.32. The van der Waals surface area contributed by atoms with Crippen LogP contribution in [0.25, 0.3) is 0 Å². The molecular weight excluding hydrogens is 356 g/mol. The van der Waals surface area contributed by atoms with Gasteiger partial charge in [0.15, 0.2) is 0 Å². The maximum atomic E-state index is 12.6. The number of hydrogen-bond donors (Lipinski definition) is 1. The topological polar surface area (TPSA) is 34.1 Å². The molecule has 0 fully saturated rings. The third-order valence-corrected chi connectivity index (χ3v) is 3.07. The number of nitrogens with zero attached hydrogens (tertiary/aromatic N) is 1. The van der Waals surface area contributed by atoms with Crippen molar-refractivity contribution in [2.24, 2.45) is 0 Å². The summed E-state index contributed by atoms with van der Waals surface area (Å²) in [5.74, 6) is -0.897. The number of ether oxygens (including phenoxy) is 1. The van der Waals surface area contributed by atoms with E-state index in [9.17, 15) is 17.6 Å². The van der Waals surface area contributed by atoms with Gasteiger partial charge < -0.3 is 10.1 Å². The van der Waals surface area contributed by atoms with E-state index in [0.717, 1.165) is 5.56 Å². The summed E-state index contributed by atoms with van der Waals surface area (Å²) in [6, 6.07) is 6.94. The molecule has 1 aromatic heterocycles. The van der Waals surface area contributed by atoms with Crippen molar-refractivity contribution < 1.29 is 22.3 Å². The Labute approximate surface area is 126 Å². The molecule has 0 unspecified atom stereocenters. The Kier molecular flexibility index (Phi) is 4.66. The molecule has 0 aliphatic carbocycles. The number of rotatable bonds is 4. The summed E-state index contributed by atoms with van der Waals surface area (Å²) in [4.78, 5) is 3.48. The maximum absolute atomic E-state index is 12.6. The molecule has 0 spiro atoms. The number of aromatic nitrogens is 1. The molecule has 21 heavy (non-hydrogen) atoms. The molecule has 0 atom stereocenters. The number of hydrogen-bond acceptors (Lipinski definition) is 3. The highest BCUT2D eigenvalue weighted by molar-refractivity contribution is 9.10. The minimum atomic E-state index is -4.73. The average Bonchev–Trinajstić information content (AvgIpc) is 2.40. The fourth-order valence-electron chi connectivity index (χ4n) is 1.55. The fourth-order valence-corrected chi connectivity index (χ4v) is 2.05. The highest BCUT2D eigenvalue weighted by atomic mass is 79.9. The van der Waals surface area contributed by atoms with Crippen molar-refractivity contribution in [1.82, 2.24) is 4.98 Å². The van der Waals surface area contributed by atoms with Gasteiger partial charge in [-0.2, -0.15) is 4.39 Å². The summed E-state index contributed by atoms with van der Waals surface area (Å²) < 4.78 is 53.1. The lowest BCUT2D eigenvalue weighted by molar-refractivity contribution is -0.274. The molecule has 0 saturated carbocycles. The van der Waals surface area contributed by atoms with E-state index >= 15 is 0 Å². The molecular formula is C13H9BrF4N2O. The number of alkyl halides is 3. The molecule has 0 aliphatic rings. The normalized spacial score (nSPS) is 11.3. The van der Waals surface area contributed by atoms with Crippen molar-refractivity contribution >= 4 is 21.6 Å². The van der Waals surface area contributed by atoms with Gasteiger partial charge in [-0.25, -0.2) is 4.98 Å². The first-order chi connectivity index (χ1) is 9.83.